The molecule has 0 bridgehead atoms. The van der Waals surface area contributed by atoms with Crippen LogP contribution in [0.25, 0.3) is 6.08 Å². The van der Waals surface area contributed by atoms with Gasteiger partial charge in [0.15, 0.2) is 0 Å². The number of fused-ring (bicyclic) bond motifs is 1. The molecule has 1 aliphatic rings. The lowest BCUT2D eigenvalue weighted by Gasteiger charge is -2.05. The summed E-state index contributed by atoms with van der Waals surface area (Å²) in [6.45, 7) is 4.36. The first kappa shape index (κ1) is 9.26. The molecule has 14 heavy (non-hydrogen) atoms. The van der Waals surface area contributed by atoms with Gasteiger partial charge in [0.25, 0.3) is 0 Å². The lowest BCUT2D eigenvalue weighted by atomic mass is 10.0. The van der Waals surface area contributed by atoms with Gasteiger partial charge in [0.05, 0.1) is 0 Å². The van der Waals surface area contributed by atoms with Crippen LogP contribution < -0.4 is 0 Å². The Hall–Kier alpha value is -1.30. The number of allylic oxidation sites excluding steroid dienone is 3. The fourth-order valence-electron chi connectivity index (χ4n) is 1.86. The minimum Gasteiger partial charge on any atom is -0.0798 e. The Morgan fingerprint density at radius 2 is 2.14 bits per heavy atom. The Morgan fingerprint density at radius 1 is 1.29 bits per heavy atom. The van der Waals surface area contributed by atoms with E-state index in [0.29, 0.717) is 0 Å². The van der Waals surface area contributed by atoms with Crippen LogP contribution in [0, 0.1) is 0 Å². The fourth-order valence-corrected chi connectivity index (χ4v) is 1.86. The Labute approximate surface area is 86.0 Å². The normalized spacial score (nSPS) is 14.6. The van der Waals surface area contributed by atoms with Gasteiger partial charge in [0.1, 0.15) is 0 Å². The van der Waals surface area contributed by atoms with E-state index in [1.54, 1.807) is 0 Å². The van der Waals surface area contributed by atoms with Crippen molar-refractivity contribution in [3.05, 3.63) is 52.6 Å². The monoisotopic (exact) mass is 184 g/mol. The van der Waals surface area contributed by atoms with Crippen molar-refractivity contribution < 1.29 is 0 Å². The van der Waals surface area contributed by atoms with Crippen molar-refractivity contribution in [3.8, 4) is 0 Å². The van der Waals surface area contributed by atoms with Gasteiger partial charge in [0, 0.05) is 0 Å². The quantitative estimate of drug-likeness (QED) is 0.623. The van der Waals surface area contributed by atoms with Gasteiger partial charge >= 0.3 is 0 Å². The van der Waals surface area contributed by atoms with Crippen LogP contribution in [0.2, 0.25) is 0 Å². The zero-order valence-electron chi connectivity index (χ0n) is 8.88. The molecule has 0 heteroatoms. The molecule has 0 spiro atoms. The molecule has 1 aromatic rings. The van der Waals surface area contributed by atoms with Crippen LogP contribution in [0.3, 0.4) is 0 Å². The molecule has 0 fully saturated rings. The molecule has 2 rings (SSSR count). The van der Waals surface area contributed by atoms with Gasteiger partial charge in [-0.25, -0.2) is 0 Å². The molecule has 0 unspecified atom stereocenters. The van der Waals surface area contributed by atoms with Crippen molar-refractivity contribution in [2.24, 2.45) is 0 Å². The summed E-state index contributed by atoms with van der Waals surface area (Å²) in [6.07, 6.45) is 8.90. The highest BCUT2D eigenvalue weighted by Crippen LogP contribution is 2.20. The molecular formula is C14H16. The predicted molar refractivity (Wildman–Crippen MR) is 62.3 cm³/mol. The van der Waals surface area contributed by atoms with E-state index in [-0.39, 0.29) is 0 Å². The highest BCUT2D eigenvalue weighted by Gasteiger charge is 2.02. The van der Waals surface area contributed by atoms with Crippen LogP contribution in [0.15, 0.2) is 35.9 Å². The molecule has 1 aliphatic carbocycles. The van der Waals surface area contributed by atoms with Crippen molar-refractivity contribution >= 4 is 6.08 Å². The number of hydrogen-bond donors (Lipinski definition) is 0. The van der Waals surface area contributed by atoms with E-state index in [1.807, 2.05) is 0 Å². The van der Waals surface area contributed by atoms with Crippen molar-refractivity contribution in [3.63, 3.8) is 0 Å². The minimum absolute atomic E-state index is 1.07. The summed E-state index contributed by atoms with van der Waals surface area (Å²) in [4.78, 5) is 0. The molecule has 0 saturated carbocycles. The second kappa shape index (κ2) is 3.83. The molecule has 0 heterocycles. The highest BCUT2D eigenvalue weighted by molar-refractivity contribution is 5.61. The molecule has 0 radical (unpaired) electrons. The number of hydrogen-bond acceptors (Lipinski definition) is 0. The van der Waals surface area contributed by atoms with E-state index in [4.69, 9.17) is 0 Å². The van der Waals surface area contributed by atoms with Crippen molar-refractivity contribution in [2.45, 2.75) is 26.7 Å². The number of aryl methyl sites for hydroxylation is 1. The van der Waals surface area contributed by atoms with Crippen molar-refractivity contribution in [1.29, 1.82) is 0 Å². The van der Waals surface area contributed by atoms with E-state index in [9.17, 15) is 0 Å². The van der Waals surface area contributed by atoms with Gasteiger partial charge in [0.2, 0.25) is 0 Å². The van der Waals surface area contributed by atoms with E-state index in [0.717, 1.165) is 12.8 Å². The third kappa shape index (κ3) is 1.79. The SMILES string of the molecule is CCc1ccc2c(c1)CC=CC(C)=C2. The van der Waals surface area contributed by atoms with Gasteiger partial charge in [-0.3, -0.25) is 0 Å². The summed E-state index contributed by atoms with van der Waals surface area (Å²) in [5.41, 5.74) is 5.61. The molecule has 1 aromatic carbocycles. The van der Waals surface area contributed by atoms with E-state index < -0.39 is 0 Å². The average molecular weight is 184 g/mol. The summed E-state index contributed by atoms with van der Waals surface area (Å²) in [5, 5.41) is 0. The van der Waals surface area contributed by atoms with Crippen LogP contribution in [0.1, 0.15) is 30.5 Å². The van der Waals surface area contributed by atoms with Crippen molar-refractivity contribution in [1.82, 2.24) is 0 Å². The predicted octanol–water partition coefficient (Wildman–Crippen LogP) is 3.76. The van der Waals surface area contributed by atoms with Crippen LogP contribution in [-0.4, -0.2) is 0 Å². The lowest BCUT2D eigenvalue weighted by Crippen LogP contribution is -1.89. The fraction of sp³-hybridized carbons (Fsp3) is 0.286. The average Bonchev–Trinajstić information content (AvgIpc) is 2.37. The maximum Gasteiger partial charge on any atom is -0.00882 e. The minimum atomic E-state index is 1.07. The summed E-state index contributed by atoms with van der Waals surface area (Å²) in [5.74, 6) is 0. The van der Waals surface area contributed by atoms with Gasteiger partial charge in [-0.15, -0.1) is 0 Å². The summed E-state index contributed by atoms with van der Waals surface area (Å²) >= 11 is 0. The van der Waals surface area contributed by atoms with Crippen molar-refractivity contribution in [2.75, 3.05) is 0 Å². The molecule has 0 saturated heterocycles. The number of rotatable bonds is 1. The van der Waals surface area contributed by atoms with Crippen LogP contribution in [0.4, 0.5) is 0 Å². The number of benzene rings is 1. The van der Waals surface area contributed by atoms with Gasteiger partial charge < -0.3 is 0 Å². The summed E-state index contributed by atoms with van der Waals surface area (Å²) < 4.78 is 0. The largest absolute Gasteiger partial charge is 0.0798 e. The van der Waals surface area contributed by atoms with Gasteiger partial charge in [-0.05, 0) is 36.5 Å². The second-order valence-electron chi connectivity index (χ2n) is 3.88. The van der Waals surface area contributed by atoms with E-state index in [2.05, 4.69) is 50.3 Å². The molecule has 0 amide bonds. The van der Waals surface area contributed by atoms with E-state index in [1.165, 1.54) is 22.3 Å². The molecular weight excluding hydrogens is 168 g/mol. The first-order valence-corrected chi connectivity index (χ1v) is 5.26. The molecule has 0 atom stereocenters. The maximum atomic E-state index is 2.33. The first-order chi connectivity index (χ1) is 6.79. The molecule has 0 nitrogen and oxygen atoms in total. The molecule has 0 N–H and O–H groups in total. The van der Waals surface area contributed by atoms with E-state index >= 15 is 0 Å². The standard InChI is InChI=1S/C14H16/c1-3-12-7-8-14-9-11(2)5-4-6-13(14)10-12/h4-5,7-10H,3,6H2,1-2H3. The molecule has 0 aromatic heterocycles. The Bertz CT molecular complexity index is 394. The van der Waals surface area contributed by atoms with Crippen LogP contribution >= 0.6 is 0 Å². The zero-order chi connectivity index (χ0) is 9.97. The lowest BCUT2D eigenvalue weighted by molar-refractivity contribution is 1.12. The second-order valence-corrected chi connectivity index (χ2v) is 3.88. The topological polar surface area (TPSA) is 0 Å². The van der Waals surface area contributed by atoms with Crippen LogP contribution in [-0.2, 0) is 12.8 Å². The van der Waals surface area contributed by atoms with Crippen LogP contribution in [0.5, 0.6) is 0 Å². The molecule has 0 aliphatic heterocycles. The Kier molecular flexibility index (Phi) is 2.53. The summed E-state index contributed by atoms with van der Waals surface area (Å²) in [6, 6.07) is 6.80. The third-order valence-corrected chi connectivity index (χ3v) is 2.72. The zero-order valence-corrected chi connectivity index (χ0v) is 8.88. The third-order valence-electron chi connectivity index (χ3n) is 2.72. The Morgan fingerprint density at radius 3 is 2.93 bits per heavy atom. The molecule has 72 valence electrons. The first-order valence-electron chi connectivity index (χ1n) is 5.26. The van der Waals surface area contributed by atoms with Gasteiger partial charge in [-0.1, -0.05) is 48.9 Å². The maximum absolute atomic E-state index is 2.33. The summed E-state index contributed by atoms with van der Waals surface area (Å²) in [7, 11) is 0. The Balaban J connectivity index is 2.48. The van der Waals surface area contributed by atoms with Gasteiger partial charge in [-0.2, -0.15) is 0 Å². The smallest absolute Gasteiger partial charge is 0.00882 e. The highest BCUT2D eigenvalue weighted by atomic mass is 14.1.